The van der Waals surface area contributed by atoms with E-state index in [-0.39, 0.29) is 5.56 Å². The van der Waals surface area contributed by atoms with E-state index in [0.29, 0.717) is 0 Å². The number of halogens is 2. The number of nitrogens with two attached hydrogens (primary N) is 1. The highest BCUT2D eigenvalue weighted by atomic mass is 19.3. The Bertz CT molecular complexity index is 462. The van der Waals surface area contributed by atoms with Gasteiger partial charge in [-0.25, -0.2) is 8.78 Å². The number of alkyl halides is 2. The maximum Gasteiger partial charge on any atom is 0.376 e. The van der Waals surface area contributed by atoms with Crippen LogP contribution in [0.1, 0.15) is 28.0 Å². The Kier molecular flexibility index (Phi) is 3.11. The number of aryl methyl sites for hydroxylation is 1. The molecule has 0 aliphatic rings. The van der Waals surface area contributed by atoms with E-state index < -0.39 is 34.3 Å². The fourth-order valence-electron chi connectivity index (χ4n) is 1.16. The summed E-state index contributed by atoms with van der Waals surface area (Å²) in [6, 6.07) is 0.939. The van der Waals surface area contributed by atoms with Gasteiger partial charge in [0.05, 0.1) is 0 Å². The summed E-state index contributed by atoms with van der Waals surface area (Å²) in [4.78, 5) is 23.5. The van der Waals surface area contributed by atoms with E-state index >= 15 is 0 Å². The third-order valence-electron chi connectivity index (χ3n) is 1.88. The molecule has 86 valence electrons. The molecule has 0 fully saturated rings. The Labute approximate surface area is 88.2 Å². The lowest BCUT2D eigenvalue weighted by Gasteiger charge is -2.03. The van der Waals surface area contributed by atoms with Crippen molar-refractivity contribution in [2.24, 2.45) is 5.73 Å². The molecule has 0 radical (unpaired) electrons. The fourth-order valence-corrected chi connectivity index (χ4v) is 1.16. The van der Waals surface area contributed by atoms with Gasteiger partial charge in [-0.3, -0.25) is 4.79 Å². The smallest absolute Gasteiger partial charge is 0.365 e. The maximum absolute atomic E-state index is 12.4. The highest BCUT2D eigenvalue weighted by Crippen LogP contribution is 2.25. The van der Waals surface area contributed by atoms with Crippen LogP contribution in [0.5, 0.6) is 0 Å². The number of hydrogen-bond donors (Lipinski definition) is 1. The molecule has 1 heterocycles. The Balaban J connectivity index is 3.49. The first-order valence-electron chi connectivity index (χ1n) is 4.08. The standard InChI is InChI=1S/C8H7F2N3O3/c1-3-2-4(7(11)14)8(13(15)16)12-5(3)6(9)10/h2,6H,1H3,(H2,11,14). The molecule has 0 spiro atoms. The average molecular weight is 231 g/mol. The van der Waals surface area contributed by atoms with Gasteiger partial charge in [-0.15, -0.1) is 0 Å². The minimum Gasteiger partial charge on any atom is -0.365 e. The van der Waals surface area contributed by atoms with E-state index in [0.717, 1.165) is 6.07 Å². The molecule has 1 aromatic heterocycles. The zero-order valence-electron chi connectivity index (χ0n) is 8.11. The van der Waals surface area contributed by atoms with Crippen molar-refractivity contribution in [1.82, 2.24) is 4.98 Å². The van der Waals surface area contributed by atoms with Gasteiger partial charge in [0, 0.05) is 5.56 Å². The van der Waals surface area contributed by atoms with Gasteiger partial charge in [-0.1, -0.05) is 0 Å². The van der Waals surface area contributed by atoms with Crippen LogP contribution in [0.3, 0.4) is 0 Å². The Morgan fingerprint density at radius 1 is 1.62 bits per heavy atom. The first kappa shape index (κ1) is 12.0. The number of pyridine rings is 1. The topological polar surface area (TPSA) is 99.1 Å². The molecule has 2 N–H and O–H groups in total. The molecule has 0 bridgehead atoms. The molecule has 0 unspecified atom stereocenters. The molecule has 0 aliphatic heterocycles. The van der Waals surface area contributed by atoms with Crippen LogP contribution < -0.4 is 5.73 Å². The van der Waals surface area contributed by atoms with E-state index in [1.165, 1.54) is 6.92 Å². The van der Waals surface area contributed by atoms with Gasteiger partial charge >= 0.3 is 12.2 Å². The molecule has 0 saturated carbocycles. The number of hydrogen-bond acceptors (Lipinski definition) is 4. The minimum atomic E-state index is -2.94. The first-order valence-corrected chi connectivity index (χ1v) is 4.08. The lowest BCUT2D eigenvalue weighted by molar-refractivity contribution is -0.390. The van der Waals surface area contributed by atoms with Crippen LogP contribution in [0.25, 0.3) is 0 Å². The molecule has 0 aromatic carbocycles. The molecular formula is C8H7F2N3O3. The van der Waals surface area contributed by atoms with E-state index in [1.807, 2.05) is 0 Å². The van der Waals surface area contributed by atoms with Crippen molar-refractivity contribution in [2.75, 3.05) is 0 Å². The number of carbonyl (C=O) groups excluding carboxylic acids is 1. The van der Waals surface area contributed by atoms with Crippen LogP contribution >= 0.6 is 0 Å². The molecule has 0 saturated heterocycles. The largest absolute Gasteiger partial charge is 0.376 e. The van der Waals surface area contributed by atoms with Crippen molar-refractivity contribution < 1.29 is 18.5 Å². The van der Waals surface area contributed by atoms with Gasteiger partial charge in [0.25, 0.3) is 5.91 Å². The number of nitro groups is 1. The van der Waals surface area contributed by atoms with Crippen LogP contribution in [0.4, 0.5) is 14.6 Å². The minimum absolute atomic E-state index is 0.0191. The van der Waals surface area contributed by atoms with Crippen molar-refractivity contribution in [3.05, 3.63) is 33.0 Å². The Hall–Kier alpha value is -2.12. The average Bonchev–Trinajstić information content (AvgIpc) is 2.15. The quantitative estimate of drug-likeness (QED) is 0.626. The number of rotatable bonds is 3. The molecule has 8 heteroatoms. The van der Waals surface area contributed by atoms with E-state index in [1.54, 1.807) is 0 Å². The fraction of sp³-hybridized carbons (Fsp3) is 0.250. The molecule has 6 nitrogen and oxygen atoms in total. The van der Waals surface area contributed by atoms with Gasteiger partial charge in [-0.05, 0) is 22.9 Å². The van der Waals surface area contributed by atoms with Crippen LogP contribution in [-0.2, 0) is 0 Å². The Morgan fingerprint density at radius 2 is 2.19 bits per heavy atom. The van der Waals surface area contributed by atoms with Gasteiger partial charge < -0.3 is 15.8 Å². The lowest BCUT2D eigenvalue weighted by atomic mass is 10.1. The van der Waals surface area contributed by atoms with Crippen molar-refractivity contribution in [3.8, 4) is 0 Å². The summed E-state index contributed by atoms with van der Waals surface area (Å²) in [5, 5.41) is 10.5. The van der Waals surface area contributed by atoms with Gasteiger partial charge in [0.15, 0.2) is 0 Å². The second kappa shape index (κ2) is 4.17. The van der Waals surface area contributed by atoms with Crippen molar-refractivity contribution in [3.63, 3.8) is 0 Å². The van der Waals surface area contributed by atoms with Crippen LogP contribution in [0.15, 0.2) is 6.07 Å². The van der Waals surface area contributed by atoms with Crippen molar-refractivity contribution in [2.45, 2.75) is 13.3 Å². The van der Waals surface area contributed by atoms with Crippen LogP contribution in [0, 0.1) is 17.0 Å². The third-order valence-corrected chi connectivity index (χ3v) is 1.88. The second-order valence-corrected chi connectivity index (χ2v) is 2.98. The predicted molar refractivity (Wildman–Crippen MR) is 49.1 cm³/mol. The summed E-state index contributed by atoms with van der Waals surface area (Å²) >= 11 is 0. The lowest BCUT2D eigenvalue weighted by Crippen LogP contribution is -2.16. The maximum atomic E-state index is 12.4. The number of carbonyl (C=O) groups is 1. The van der Waals surface area contributed by atoms with Crippen LogP contribution in [0.2, 0.25) is 0 Å². The highest BCUT2D eigenvalue weighted by molar-refractivity contribution is 5.96. The summed E-state index contributed by atoms with van der Waals surface area (Å²) in [6.45, 7) is 1.27. The number of nitrogens with zero attached hydrogens (tertiary/aromatic N) is 2. The summed E-state index contributed by atoms with van der Waals surface area (Å²) in [6.07, 6.45) is -2.94. The predicted octanol–water partition coefficient (Wildman–Crippen LogP) is 1.33. The van der Waals surface area contributed by atoms with Crippen molar-refractivity contribution in [1.29, 1.82) is 0 Å². The van der Waals surface area contributed by atoms with E-state index in [2.05, 4.69) is 4.98 Å². The molecule has 0 aliphatic carbocycles. The molecular weight excluding hydrogens is 224 g/mol. The zero-order valence-corrected chi connectivity index (χ0v) is 8.11. The van der Waals surface area contributed by atoms with Gasteiger partial charge in [-0.2, -0.15) is 0 Å². The zero-order chi connectivity index (χ0) is 12.5. The van der Waals surface area contributed by atoms with E-state index in [9.17, 15) is 23.7 Å². The van der Waals surface area contributed by atoms with E-state index in [4.69, 9.17) is 5.73 Å². The number of amides is 1. The molecule has 1 rings (SSSR count). The highest BCUT2D eigenvalue weighted by Gasteiger charge is 2.27. The summed E-state index contributed by atoms with van der Waals surface area (Å²) < 4.78 is 24.8. The summed E-state index contributed by atoms with van der Waals surface area (Å²) in [5.41, 5.74) is 3.65. The number of primary amides is 1. The van der Waals surface area contributed by atoms with Gasteiger partial charge in [0.2, 0.25) is 5.69 Å². The summed E-state index contributed by atoms with van der Waals surface area (Å²) in [7, 11) is 0. The molecule has 16 heavy (non-hydrogen) atoms. The van der Waals surface area contributed by atoms with Crippen molar-refractivity contribution >= 4 is 11.7 Å². The monoisotopic (exact) mass is 231 g/mol. The third kappa shape index (κ3) is 2.10. The second-order valence-electron chi connectivity index (χ2n) is 2.98. The van der Waals surface area contributed by atoms with Gasteiger partial charge in [0.1, 0.15) is 5.56 Å². The SMILES string of the molecule is Cc1cc(C(N)=O)c([N+](=O)[O-])nc1C(F)F. The van der Waals surface area contributed by atoms with Crippen LogP contribution in [-0.4, -0.2) is 15.8 Å². The number of aromatic nitrogens is 1. The molecule has 0 atom stereocenters. The first-order chi connectivity index (χ1) is 7.34. The normalized spacial score (nSPS) is 10.5. The summed E-state index contributed by atoms with van der Waals surface area (Å²) in [5.74, 6) is -2.03. The Morgan fingerprint density at radius 3 is 2.56 bits per heavy atom. The molecule has 1 aromatic rings. The molecule has 1 amide bonds.